The van der Waals surface area contributed by atoms with Crippen LogP contribution in [0.4, 0.5) is 0 Å². The number of ether oxygens (including phenoxy) is 1. The lowest BCUT2D eigenvalue weighted by Gasteiger charge is -2.60. The van der Waals surface area contributed by atoms with Crippen LogP contribution in [0.3, 0.4) is 0 Å². The summed E-state index contributed by atoms with van der Waals surface area (Å²) < 4.78 is 5.70. The zero-order valence-electron chi connectivity index (χ0n) is 15.9. The summed E-state index contributed by atoms with van der Waals surface area (Å²) in [5, 5.41) is 0. The van der Waals surface area contributed by atoms with E-state index in [1.54, 1.807) is 6.92 Å². The van der Waals surface area contributed by atoms with Crippen molar-refractivity contribution < 1.29 is 9.53 Å². The monoisotopic (exact) mass is 330 g/mol. The summed E-state index contributed by atoms with van der Waals surface area (Å²) in [6.07, 6.45) is 13.1. The Kier molecular flexibility index (Phi) is 3.99. The molecule has 4 rings (SSSR count). The molecule has 3 fully saturated rings. The van der Waals surface area contributed by atoms with Gasteiger partial charge in [-0.05, 0) is 98.4 Å². The lowest BCUT2D eigenvalue weighted by Crippen LogP contribution is -2.54. The molecular formula is C22H34O2. The van der Waals surface area contributed by atoms with E-state index in [1.807, 2.05) is 7.11 Å². The molecule has 2 nitrogen and oxygen atoms in total. The second kappa shape index (κ2) is 5.69. The summed E-state index contributed by atoms with van der Waals surface area (Å²) in [6.45, 7) is 6.76. The lowest BCUT2D eigenvalue weighted by atomic mass is 9.44. The molecule has 2 unspecified atom stereocenters. The Balaban J connectivity index is 1.59. The Morgan fingerprint density at radius 1 is 1.12 bits per heavy atom. The van der Waals surface area contributed by atoms with Crippen LogP contribution in [0.25, 0.3) is 0 Å². The number of hydrogen-bond acceptors (Lipinski definition) is 2. The molecule has 4 aliphatic carbocycles. The van der Waals surface area contributed by atoms with Crippen molar-refractivity contribution in [2.45, 2.75) is 78.2 Å². The molecule has 0 aromatic heterocycles. The van der Waals surface area contributed by atoms with Crippen LogP contribution in [0, 0.1) is 34.5 Å². The predicted molar refractivity (Wildman–Crippen MR) is 96.7 cm³/mol. The fraction of sp³-hybridized carbons (Fsp3) is 0.864. The van der Waals surface area contributed by atoms with Crippen LogP contribution in [0.1, 0.15) is 72.1 Å². The molecule has 0 aromatic carbocycles. The van der Waals surface area contributed by atoms with Gasteiger partial charge in [0.05, 0.1) is 6.10 Å². The third kappa shape index (κ3) is 2.21. The Hall–Kier alpha value is -0.630. The van der Waals surface area contributed by atoms with E-state index in [-0.39, 0.29) is 5.41 Å². The van der Waals surface area contributed by atoms with E-state index in [9.17, 15) is 4.79 Å². The Morgan fingerprint density at radius 2 is 1.92 bits per heavy atom. The van der Waals surface area contributed by atoms with E-state index in [0.29, 0.717) is 23.2 Å². The van der Waals surface area contributed by atoms with E-state index < -0.39 is 0 Å². The number of carbonyl (C=O) groups excluding carboxylic acids is 1. The number of carbonyl (C=O) groups is 1. The van der Waals surface area contributed by atoms with E-state index in [4.69, 9.17) is 4.74 Å². The zero-order valence-corrected chi connectivity index (χ0v) is 15.9. The van der Waals surface area contributed by atoms with Gasteiger partial charge in [0.1, 0.15) is 0 Å². The van der Waals surface area contributed by atoms with Gasteiger partial charge in [-0.2, -0.15) is 0 Å². The van der Waals surface area contributed by atoms with Gasteiger partial charge in [0.25, 0.3) is 0 Å². The fourth-order valence-corrected chi connectivity index (χ4v) is 7.55. The molecular weight excluding hydrogens is 296 g/mol. The van der Waals surface area contributed by atoms with E-state index >= 15 is 0 Å². The highest BCUT2D eigenvalue weighted by molar-refractivity contribution is 5.95. The van der Waals surface area contributed by atoms with Gasteiger partial charge >= 0.3 is 0 Å². The van der Waals surface area contributed by atoms with E-state index in [1.165, 1.54) is 44.9 Å². The molecule has 0 amide bonds. The largest absolute Gasteiger partial charge is 0.381 e. The van der Waals surface area contributed by atoms with Crippen LogP contribution < -0.4 is 0 Å². The van der Waals surface area contributed by atoms with Crippen molar-refractivity contribution in [1.29, 1.82) is 0 Å². The normalized spacial score (nSPS) is 50.5. The first kappa shape index (κ1) is 16.8. The van der Waals surface area contributed by atoms with Crippen molar-refractivity contribution in [3.05, 3.63) is 11.6 Å². The molecule has 0 radical (unpaired) electrons. The minimum Gasteiger partial charge on any atom is -0.381 e. The van der Waals surface area contributed by atoms with Crippen LogP contribution in [-0.4, -0.2) is 19.0 Å². The van der Waals surface area contributed by atoms with Gasteiger partial charge in [-0.25, -0.2) is 0 Å². The number of allylic oxidation sites excluding steroid dienone is 2. The number of ketones is 1. The topological polar surface area (TPSA) is 26.3 Å². The Labute approximate surface area is 147 Å². The molecule has 3 saturated carbocycles. The molecule has 0 aromatic rings. The molecule has 2 heteroatoms. The maximum atomic E-state index is 12.1. The third-order valence-corrected chi connectivity index (χ3v) is 8.91. The Morgan fingerprint density at radius 3 is 2.62 bits per heavy atom. The number of fused-ring (bicyclic) bond motifs is 5. The van der Waals surface area contributed by atoms with Crippen molar-refractivity contribution in [2.75, 3.05) is 7.11 Å². The maximum absolute atomic E-state index is 12.1. The molecule has 0 bridgehead atoms. The first-order valence-corrected chi connectivity index (χ1v) is 10.1. The number of Topliss-reactive ketones (excluding diaryl/α,β-unsaturated/α-hetero) is 1. The SMILES string of the molecule is COC1CC[C@@]2(C)C(CC[C@@H]3[C@@H]2CC[C@]2(C)C(C(C)=O)=CC[C@@H]32)C1. The minimum atomic E-state index is 0.167. The van der Waals surface area contributed by atoms with Gasteiger partial charge in [-0.3, -0.25) is 4.79 Å². The zero-order chi connectivity index (χ0) is 17.1. The number of rotatable bonds is 2. The van der Waals surface area contributed by atoms with E-state index in [2.05, 4.69) is 19.9 Å². The average molecular weight is 331 g/mol. The second-order valence-electron chi connectivity index (χ2n) is 9.65. The van der Waals surface area contributed by atoms with Crippen LogP contribution in [0.2, 0.25) is 0 Å². The van der Waals surface area contributed by atoms with Gasteiger partial charge < -0.3 is 4.74 Å². The summed E-state index contributed by atoms with van der Waals surface area (Å²) in [5.74, 6) is 3.58. The molecule has 0 spiro atoms. The summed E-state index contributed by atoms with van der Waals surface area (Å²) in [5.41, 5.74) is 1.83. The first-order valence-electron chi connectivity index (χ1n) is 10.1. The fourth-order valence-electron chi connectivity index (χ4n) is 7.55. The summed E-state index contributed by atoms with van der Waals surface area (Å²) in [6, 6.07) is 0. The second-order valence-corrected chi connectivity index (χ2v) is 9.65. The molecule has 0 aliphatic heterocycles. The smallest absolute Gasteiger partial charge is 0.156 e. The van der Waals surface area contributed by atoms with Gasteiger partial charge in [0, 0.05) is 7.11 Å². The highest BCUT2D eigenvalue weighted by Crippen LogP contribution is 2.66. The molecule has 0 heterocycles. The van der Waals surface area contributed by atoms with Crippen LogP contribution in [0.15, 0.2) is 11.6 Å². The highest BCUT2D eigenvalue weighted by atomic mass is 16.5. The van der Waals surface area contributed by atoms with Gasteiger partial charge in [0.2, 0.25) is 0 Å². The van der Waals surface area contributed by atoms with Gasteiger partial charge in [-0.1, -0.05) is 19.9 Å². The third-order valence-electron chi connectivity index (χ3n) is 8.91. The quantitative estimate of drug-likeness (QED) is 0.698. The van der Waals surface area contributed by atoms with Crippen LogP contribution >= 0.6 is 0 Å². The predicted octanol–water partition coefficient (Wildman–Crippen LogP) is 5.17. The summed E-state index contributed by atoms with van der Waals surface area (Å²) in [4.78, 5) is 12.1. The van der Waals surface area contributed by atoms with Gasteiger partial charge in [-0.15, -0.1) is 0 Å². The maximum Gasteiger partial charge on any atom is 0.156 e. The molecule has 24 heavy (non-hydrogen) atoms. The highest BCUT2D eigenvalue weighted by Gasteiger charge is 2.58. The Bertz CT molecular complexity index is 564. The van der Waals surface area contributed by atoms with Crippen molar-refractivity contribution >= 4 is 5.78 Å². The first-order chi connectivity index (χ1) is 11.4. The molecule has 7 atom stereocenters. The lowest BCUT2D eigenvalue weighted by molar-refractivity contribution is -0.127. The van der Waals surface area contributed by atoms with E-state index in [0.717, 1.165) is 29.7 Å². The number of hydrogen-bond donors (Lipinski definition) is 0. The van der Waals surface area contributed by atoms with Crippen molar-refractivity contribution in [3.8, 4) is 0 Å². The summed E-state index contributed by atoms with van der Waals surface area (Å²) >= 11 is 0. The van der Waals surface area contributed by atoms with Crippen LogP contribution in [-0.2, 0) is 9.53 Å². The molecule has 0 N–H and O–H groups in total. The molecule has 4 aliphatic rings. The summed E-state index contributed by atoms with van der Waals surface area (Å²) in [7, 11) is 1.89. The van der Waals surface area contributed by atoms with Gasteiger partial charge in [0.15, 0.2) is 5.78 Å². The standard InChI is InChI=1S/C22H34O2/c1-14(23)18-7-8-19-17-6-5-15-13-16(24-4)9-11-21(15,2)20(17)10-12-22(18,19)3/h7,15-17,19-20H,5-6,8-13H2,1-4H3/t15?,16?,17-,19-,20-,21-,22+/m0/s1. The molecule has 0 saturated heterocycles. The van der Waals surface area contributed by atoms with Crippen LogP contribution in [0.5, 0.6) is 0 Å². The van der Waals surface area contributed by atoms with Crippen molar-refractivity contribution in [2.24, 2.45) is 34.5 Å². The molecule has 134 valence electrons. The van der Waals surface area contributed by atoms with Crippen molar-refractivity contribution in [1.82, 2.24) is 0 Å². The minimum absolute atomic E-state index is 0.167. The number of methoxy groups -OCH3 is 1. The average Bonchev–Trinajstić information content (AvgIpc) is 2.91. The van der Waals surface area contributed by atoms with Crippen molar-refractivity contribution in [3.63, 3.8) is 0 Å².